The lowest BCUT2D eigenvalue weighted by Gasteiger charge is -2.18. The molecule has 4 rings (SSSR count). The molecule has 2 aromatic heterocycles. The number of aromatic hydroxyl groups is 2. The van der Waals surface area contributed by atoms with Crippen molar-refractivity contribution in [3.63, 3.8) is 0 Å². The predicted octanol–water partition coefficient (Wildman–Crippen LogP) is 3.30. The number of benzene rings is 2. The number of ether oxygens (including phenoxy) is 1. The number of hydrogen-bond acceptors (Lipinski definition) is 7. The molecular weight excluding hydrogens is 400 g/mol. The first-order chi connectivity index (χ1) is 14.9. The molecule has 4 aromatic rings. The zero-order chi connectivity index (χ0) is 22.1. The molecule has 0 amide bonds. The van der Waals surface area contributed by atoms with E-state index in [0.717, 1.165) is 6.07 Å². The third-order valence-electron chi connectivity index (χ3n) is 5.13. The van der Waals surface area contributed by atoms with Crippen LogP contribution in [0.2, 0.25) is 0 Å². The van der Waals surface area contributed by atoms with E-state index in [1.807, 2.05) is 6.07 Å². The number of nitrogens with zero attached hydrogens (tertiary/aromatic N) is 2. The Bertz CT molecular complexity index is 1320. The molecule has 158 valence electrons. The van der Waals surface area contributed by atoms with Gasteiger partial charge in [0.1, 0.15) is 28.2 Å². The van der Waals surface area contributed by atoms with Gasteiger partial charge in [-0.25, -0.2) is 0 Å². The number of fused-ring (bicyclic) bond motifs is 1. The van der Waals surface area contributed by atoms with Crippen LogP contribution in [0.25, 0.3) is 22.3 Å². The van der Waals surface area contributed by atoms with Crippen LogP contribution in [-0.2, 0) is 16.6 Å². The van der Waals surface area contributed by atoms with Crippen molar-refractivity contribution in [2.24, 2.45) is 7.05 Å². The van der Waals surface area contributed by atoms with Crippen molar-refractivity contribution < 1.29 is 24.2 Å². The van der Waals surface area contributed by atoms with Gasteiger partial charge < -0.3 is 19.4 Å². The summed E-state index contributed by atoms with van der Waals surface area (Å²) in [5, 5.41) is 25.2. The number of carbonyl (C=O) groups excluding carboxylic acids is 1. The van der Waals surface area contributed by atoms with Gasteiger partial charge in [0.25, 0.3) is 0 Å². The van der Waals surface area contributed by atoms with Crippen molar-refractivity contribution in [2.75, 3.05) is 7.11 Å². The average Bonchev–Trinajstić information content (AvgIpc) is 3.18. The maximum absolute atomic E-state index is 12.9. The average molecular weight is 420 g/mol. The fourth-order valence-corrected chi connectivity index (χ4v) is 3.66. The van der Waals surface area contributed by atoms with Crippen LogP contribution in [0, 0.1) is 0 Å². The van der Waals surface area contributed by atoms with E-state index in [2.05, 4.69) is 5.10 Å². The zero-order valence-electron chi connectivity index (χ0n) is 16.9. The summed E-state index contributed by atoms with van der Waals surface area (Å²) in [5.74, 6) is -1.69. The maximum Gasteiger partial charge on any atom is 0.306 e. The molecule has 0 bridgehead atoms. The highest BCUT2D eigenvalue weighted by Gasteiger charge is 2.29. The van der Waals surface area contributed by atoms with E-state index >= 15 is 0 Å². The number of aromatic nitrogens is 2. The molecule has 1 unspecified atom stereocenters. The van der Waals surface area contributed by atoms with Gasteiger partial charge >= 0.3 is 5.97 Å². The SMILES string of the molecule is COC(=O)CC(c1cnn(C)c1)c1c(O)cc(O)c2c(=O)cc(-c3ccccc3)oc12. The molecule has 0 fully saturated rings. The van der Waals surface area contributed by atoms with Gasteiger partial charge in [-0.1, -0.05) is 30.3 Å². The molecular formula is C23H20N2O6. The predicted molar refractivity (Wildman–Crippen MR) is 113 cm³/mol. The van der Waals surface area contributed by atoms with Gasteiger partial charge in [-0.2, -0.15) is 5.10 Å². The van der Waals surface area contributed by atoms with E-state index in [-0.39, 0.29) is 34.5 Å². The fourth-order valence-electron chi connectivity index (χ4n) is 3.66. The summed E-state index contributed by atoms with van der Waals surface area (Å²) < 4.78 is 12.4. The van der Waals surface area contributed by atoms with Gasteiger partial charge in [0, 0.05) is 42.4 Å². The number of aryl methyl sites for hydroxylation is 1. The van der Waals surface area contributed by atoms with Crippen LogP contribution in [0.15, 0.2) is 64.1 Å². The number of phenolic OH excluding ortho intramolecular Hbond substituents is 2. The molecule has 0 radical (unpaired) electrons. The Labute approximate surface area is 176 Å². The highest BCUT2D eigenvalue weighted by atomic mass is 16.5. The second-order valence-electron chi connectivity index (χ2n) is 7.15. The van der Waals surface area contributed by atoms with E-state index < -0.39 is 23.1 Å². The normalized spacial score (nSPS) is 12.1. The third kappa shape index (κ3) is 3.75. The van der Waals surface area contributed by atoms with Crippen molar-refractivity contribution in [3.8, 4) is 22.8 Å². The van der Waals surface area contributed by atoms with Gasteiger partial charge in [0.2, 0.25) is 0 Å². The smallest absolute Gasteiger partial charge is 0.306 e. The first-order valence-corrected chi connectivity index (χ1v) is 9.52. The molecule has 2 aromatic carbocycles. The minimum absolute atomic E-state index is 0.00149. The van der Waals surface area contributed by atoms with Crippen LogP contribution >= 0.6 is 0 Å². The molecule has 8 nitrogen and oxygen atoms in total. The second kappa shape index (κ2) is 7.98. The molecule has 1 atom stereocenters. The molecule has 0 saturated carbocycles. The molecule has 0 aliphatic heterocycles. The van der Waals surface area contributed by atoms with Crippen LogP contribution in [0.1, 0.15) is 23.5 Å². The largest absolute Gasteiger partial charge is 0.507 e. The van der Waals surface area contributed by atoms with Crippen LogP contribution < -0.4 is 5.43 Å². The summed E-state index contributed by atoms with van der Waals surface area (Å²) in [6, 6.07) is 11.4. The number of phenols is 2. The van der Waals surface area contributed by atoms with Crippen molar-refractivity contribution in [1.82, 2.24) is 9.78 Å². The number of rotatable bonds is 5. The van der Waals surface area contributed by atoms with Crippen LogP contribution in [0.4, 0.5) is 0 Å². The van der Waals surface area contributed by atoms with Gasteiger partial charge in [-0.3, -0.25) is 14.3 Å². The zero-order valence-corrected chi connectivity index (χ0v) is 16.9. The molecule has 0 spiro atoms. The number of carbonyl (C=O) groups is 1. The summed E-state index contributed by atoms with van der Waals surface area (Å²) in [4.78, 5) is 25.1. The van der Waals surface area contributed by atoms with Crippen LogP contribution in [0.3, 0.4) is 0 Å². The second-order valence-corrected chi connectivity index (χ2v) is 7.15. The summed E-state index contributed by atoms with van der Waals surface area (Å²) >= 11 is 0. The van der Waals surface area contributed by atoms with Crippen LogP contribution in [0.5, 0.6) is 11.5 Å². The van der Waals surface area contributed by atoms with Crippen LogP contribution in [-0.4, -0.2) is 33.1 Å². The minimum atomic E-state index is -0.724. The molecule has 2 heterocycles. The topological polar surface area (TPSA) is 115 Å². The Hall–Kier alpha value is -4.07. The quantitative estimate of drug-likeness (QED) is 0.476. The first kappa shape index (κ1) is 20.2. The van der Waals surface area contributed by atoms with E-state index in [0.29, 0.717) is 11.1 Å². The van der Waals surface area contributed by atoms with Crippen molar-refractivity contribution in [3.05, 3.63) is 76.2 Å². The Balaban J connectivity index is 2.04. The molecule has 31 heavy (non-hydrogen) atoms. The lowest BCUT2D eigenvalue weighted by atomic mass is 9.88. The fraction of sp³-hybridized carbons (Fsp3) is 0.174. The van der Waals surface area contributed by atoms with E-state index in [4.69, 9.17) is 9.15 Å². The summed E-state index contributed by atoms with van der Waals surface area (Å²) in [6.45, 7) is 0. The van der Waals surface area contributed by atoms with Crippen molar-refractivity contribution >= 4 is 16.9 Å². The molecule has 8 heteroatoms. The lowest BCUT2D eigenvalue weighted by Crippen LogP contribution is -2.12. The third-order valence-corrected chi connectivity index (χ3v) is 5.13. The summed E-state index contributed by atoms with van der Waals surface area (Å²) in [7, 11) is 2.99. The Kier molecular flexibility index (Phi) is 5.21. The first-order valence-electron chi connectivity index (χ1n) is 9.52. The van der Waals surface area contributed by atoms with Gasteiger partial charge in [0.05, 0.1) is 19.7 Å². The van der Waals surface area contributed by atoms with Crippen molar-refractivity contribution in [1.29, 1.82) is 0 Å². The molecule has 0 aliphatic rings. The number of esters is 1. The van der Waals surface area contributed by atoms with Crippen molar-refractivity contribution in [2.45, 2.75) is 12.3 Å². The number of hydrogen-bond donors (Lipinski definition) is 2. The molecule has 0 aliphatic carbocycles. The Morgan fingerprint density at radius 2 is 1.94 bits per heavy atom. The van der Waals surface area contributed by atoms with E-state index in [9.17, 15) is 19.8 Å². The number of methoxy groups -OCH3 is 1. The van der Waals surface area contributed by atoms with Gasteiger partial charge in [0.15, 0.2) is 5.43 Å². The highest BCUT2D eigenvalue weighted by molar-refractivity contribution is 5.90. The Morgan fingerprint density at radius 1 is 1.19 bits per heavy atom. The molecule has 2 N–H and O–H groups in total. The van der Waals surface area contributed by atoms with E-state index in [1.165, 1.54) is 13.2 Å². The maximum atomic E-state index is 12.9. The summed E-state index contributed by atoms with van der Waals surface area (Å²) in [5.41, 5.74) is 0.994. The summed E-state index contributed by atoms with van der Waals surface area (Å²) in [6.07, 6.45) is 3.13. The molecule has 0 saturated heterocycles. The monoisotopic (exact) mass is 420 g/mol. The van der Waals surface area contributed by atoms with Gasteiger partial charge in [-0.05, 0) is 5.56 Å². The standard InChI is InChI=1S/C23H20N2O6/c1-25-12-14(11-24-25)15(8-20(29)30-2)21-16(26)9-17(27)22-18(28)10-19(31-23(21)22)13-6-4-3-5-7-13/h3-7,9-12,15,26-27H,8H2,1-2H3. The Morgan fingerprint density at radius 3 is 2.58 bits per heavy atom. The highest BCUT2D eigenvalue weighted by Crippen LogP contribution is 2.42. The van der Waals surface area contributed by atoms with Gasteiger partial charge in [-0.15, -0.1) is 0 Å². The lowest BCUT2D eigenvalue weighted by molar-refractivity contribution is -0.140. The minimum Gasteiger partial charge on any atom is -0.507 e. The van der Waals surface area contributed by atoms with E-state index in [1.54, 1.807) is 48.4 Å².